The third-order valence-electron chi connectivity index (χ3n) is 3.93. The second-order valence-electron chi connectivity index (χ2n) is 5.26. The van der Waals surface area contributed by atoms with Crippen LogP contribution in [0.25, 0.3) is 0 Å². The number of carbonyl (C=O) groups is 1. The normalized spacial score (nSPS) is 16.3. The van der Waals surface area contributed by atoms with E-state index in [1.165, 1.54) is 11.8 Å². The summed E-state index contributed by atoms with van der Waals surface area (Å²) in [7, 11) is 3.10. The maximum atomic E-state index is 12.5. The molecule has 0 spiro atoms. The van der Waals surface area contributed by atoms with Crippen LogP contribution in [0.15, 0.2) is 28.2 Å². The van der Waals surface area contributed by atoms with E-state index in [4.69, 9.17) is 9.47 Å². The van der Waals surface area contributed by atoms with Gasteiger partial charge in [0.1, 0.15) is 5.82 Å². The topological polar surface area (TPSA) is 93.3 Å². The lowest BCUT2D eigenvalue weighted by Crippen LogP contribution is -2.31. The van der Waals surface area contributed by atoms with Crippen molar-refractivity contribution >= 4 is 23.5 Å². The molecule has 1 amide bonds. The van der Waals surface area contributed by atoms with Crippen LogP contribution in [-0.4, -0.2) is 36.4 Å². The van der Waals surface area contributed by atoms with Gasteiger partial charge in [-0.15, -0.1) is 0 Å². The van der Waals surface area contributed by atoms with Gasteiger partial charge >= 0.3 is 0 Å². The monoisotopic (exact) mass is 347 g/mol. The summed E-state index contributed by atoms with van der Waals surface area (Å²) < 4.78 is 10.6. The molecular weight excluding hydrogens is 330 g/mol. The highest BCUT2D eigenvalue weighted by atomic mass is 32.2. The van der Waals surface area contributed by atoms with Gasteiger partial charge in [0, 0.05) is 12.3 Å². The number of aromatic nitrogens is 2. The van der Waals surface area contributed by atoms with Crippen molar-refractivity contribution in [2.75, 3.05) is 25.8 Å². The Kier molecular flexibility index (Phi) is 4.48. The van der Waals surface area contributed by atoms with E-state index in [-0.39, 0.29) is 23.8 Å². The first-order valence-electron chi connectivity index (χ1n) is 7.27. The maximum Gasteiger partial charge on any atom is 0.257 e. The van der Waals surface area contributed by atoms with E-state index in [9.17, 15) is 9.59 Å². The molecule has 7 nitrogen and oxygen atoms in total. The van der Waals surface area contributed by atoms with E-state index in [0.29, 0.717) is 28.0 Å². The molecule has 24 heavy (non-hydrogen) atoms. The van der Waals surface area contributed by atoms with Crippen molar-refractivity contribution in [2.45, 2.75) is 17.5 Å². The number of aromatic amines is 1. The first kappa shape index (κ1) is 16.4. The average molecular weight is 347 g/mol. The van der Waals surface area contributed by atoms with Crippen molar-refractivity contribution in [1.29, 1.82) is 0 Å². The SMILES string of the molecule is COc1ccc(C2CC(=O)Nc3nc(SC)[nH]c(=O)c32)cc1OC. The molecule has 2 N–H and O–H groups in total. The molecule has 1 unspecified atom stereocenters. The number of hydrogen-bond acceptors (Lipinski definition) is 6. The second kappa shape index (κ2) is 6.56. The summed E-state index contributed by atoms with van der Waals surface area (Å²) in [4.78, 5) is 31.6. The predicted molar refractivity (Wildman–Crippen MR) is 91.3 cm³/mol. The van der Waals surface area contributed by atoms with Crippen LogP contribution in [0.5, 0.6) is 11.5 Å². The number of nitrogens with zero attached hydrogens (tertiary/aromatic N) is 1. The van der Waals surface area contributed by atoms with Gasteiger partial charge in [-0.2, -0.15) is 0 Å². The molecule has 1 aliphatic rings. The van der Waals surface area contributed by atoms with Gasteiger partial charge in [-0.1, -0.05) is 17.8 Å². The van der Waals surface area contributed by atoms with Crippen molar-refractivity contribution < 1.29 is 14.3 Å². The molecule has 0 radical (unpaired) electrons. The van der Waals surface area contributed by atoms with Gasteiger partial charge in [-0.3, -0.25) is 9.59 Å². The third kappa shape index (κ3) is 2.84. The van der Waals surface area contributed by atoms with Crippen molar-refractivity contribution in [2.24, 2.45) is 0 Å². The molecule has 1 aromatic heterocycles. The fraction of sp³-hybridized carbons (Fsp3) is 0.312. The van der Waals surface area contributed by atoms with Crippen molar-refractivity contribution in [3.63, 3.8) is 0 Å². The lowest BCUT2D eigenvalue weighted by Gasteiger charge is -2.25. The number of nitrogens with one attached hydrogen (secondary N) is 2. The molecular formula is C16H17N3O4S. The minimum atomic E-state index is -0.388. The fourth-order valence-electron chi connectivity index (χ4n) is 2.80. The van der Waals surface area contributed by atoms with Crippen LogP contribution < -0.4 is 20.3 Å². The Morgan fingerprint density at radius 3 is 2.62 bits per heavy atom. The van der Waals surface area contributed by atoms with Crippen LogP contribution in [0.2, 0.25) is 0 Å². The number of rotatable bonds is 4. The average Bonchev–Trinajstić information content (AvgIpc) is 2.59. The molecule has 2 heterocycles. The molecule has 0 fully saturated rings. The standard InChI is InChI=1S/C16H17N3O4S/c1-22-10-5-4-8(6-11(10)23-2)9-7-12(20)17-14-13(9)15(21)19-16(18-14)24-3/h4-6,9H,7H2,1-3H3,(H2,17,18,19,20,21). The highest BCUT2D eigenvalue weighted by Gasteiger charge is 2.31. The van der Waals surface area contributed by atoms with Crippen LogP contribution in [-0.2, 0) is 4.79 Å². The van der Waals surface area contributed by atoms with E-state index in [1.807, 2.05) is 6.07 Å². The number of thioether (sulfide) groups is 1. The Bertz CT molecular complexity index is 850. The second-order valence-corrected chi connectivity index (χ2v) is 6.05. The Labute approximate surface area is 142 Å². The molecule has 0 saturated carbocycles. The van der Waals surface area contributed by atoms with Gasteiger partial charge in [0.05, 0.1) is 19.8 Å². The summed E-state index contributed by atoms with van der Waals surface area (Å²) in [5.41, 5.74) is 1.01. The summed E-state index contributed by atoms with van der Waals surface area (Å²) in [6.45, 7) is 0. The van der Waals surface area contributed by atoms with Crippen LogP contribution >= 0.6 is 11.8 Å². The van der Waals surface area contributed by atoms with Gasteiger partial charge < -0.3 is 19.8 Å². The van der Waals surface area contributed by atoms with Gasteiger partial charge in [-0.05, 0) is 24.0 Å². The number of anilines is 1. The number of H-pyrrole nitrogens is 1. The zero-order valence-corrected chi connectivity index (χ0v) is 14.3. The Hall–Kier alpha value is -2.48. The molecule has 1 aliphatic heterocycles. The van der Waals surface area contributed by atoms with E-state index < -0.39 is 0 Å². The number of ether oxygens (including phenoxy) is 2. The lowest BCUT2D eigenvalue weighted by atomic mass is 9.86. The molecule has 2 aromatic rings. The summed E-state index contributed by atoms with van der Waals surface area (Å²) in [6, 6.07) is 5.38. The van der Waals surface area contributed by atoms with Crippen LogP contribution in [0.4, 0.5) is 5.82 Å². The highest BCUT2D eigenvalue weighted by Crippen LogP contribution is 2.38. The summed E-state index contributed by atoms with van der Waals surface area (Å²) in [6.07, 6.45) is 1.98. The highest BCUT2D eigenvalue weighted by molar-refractivity contribution is 7.98. The number of hydrogen-bond donors (Lipinski definition) is 2. The van der Waals surface area contributed by atoms with Crippen molar-refractivity contribution in [3.8, 4) is 11.5 Å². The van der Waals surface area contributed by atoms with E-state index in [1.54, 1.807) is 32.6 Å². The van der Waals surface area contributed by atoms with Gasteiger partial charge in [-0.25, -0.2) is 4.98 Å². The zero-order chi connectivity index (χ0) is 17.3. The van der Waals surface area contributed by atoms with E-state index >= 15 is 0 Å². The molecule has 0 saturated heterocycles. The Morgan fingerprint density at radius 1 is 1.21 bits per heavy atom. The Balaban J connectivity index is 2.14. The molecule has 3 rings (SSSR count). The summed E-state index contributed by atoms with van der Waals surface area (Å²) in [5, 5.41) is 3.15. The van der Waals surface area contributed by atoms with Gasteiger partial charge in [0.2, 0.25) is 5.91 Å². The van der Waals surface area contributed by atoms with Crippen LogP contribution in [0.3, 0.4) is 0 Å². The van der Waals surface area contributed by atoms with Crippen LogP contribution in [0, 0.1) is 0 Å². The largest absolute Gasteiger partial charge is 0.493 e. The lowest BCUT2D eigenvalue weighted by molar-refractivity contribution is -0.116. The number of methoxy groups -OCH3 is 2. The number of fused-ring (bicyclic) bond motifs is 1. The molecule has 1 aromatic carbocycles. The molecule has 8 heteroatoms. The molecule has 0 aliphatic carbocycles. The minimum Gasteiger partial charge on any atom is -0.493 e. The van der Waals surface area contributed by atoms with Crippen molar-refractivity contribution in [1.82, 2.24) is 9.97 Å². The number of benzene rings is 1. The molecule has 126 valence electrons. The fourth-order valence-corrected chi connectivity index (χ4v) is 3.18. The van der Waals surface area contributed by atoms with E-state index in [2.05, 4.69) is 15.3 Å². The maximum absolute atomic E-state index is 12.5. The summed E-state index contributed by atoms with van der Waals surface area (Å²) in [5.74, 6) is 0.895. The van der Waals surface area contributed by atoms with Gasteiger partial charge in [0.25, 0.3) is 5.56 Å². The first-order valence-corrected chi connectivity index (χ1v) is 8.49. The Morgan fingerprint density at radius 2 is 1.96 bits per heavy atom. The van der Waals surface area contributed by atoms with Crippen LogP contribution in [0.1, 0.15) is 23.5 Å². The van der Waals surface area contributed by atoms with E-state index in [0.717, 1.165) is 5.56 Å². The first-order chi connectivity index (χ1) is 11.6. The molecule has 0 bridgehead atoms. The van der Waals surface area contributed by atoms with Crippen molar-refractivity contribution in [3.05, 3.63) is 39.7 Å². The smallest absolute Gasteiger partial charge is 0.257 e. The number of carbonyl (C=O) groups excluding carboxylic acids is 1. The molecule has 1 atom stereocenters. The third-order valence-corrected chi connectivity index (χ3v) is 4.51. The minimum absolute atomic E-state index is 0.172. The number of amides is 1. The zero-order valence-electron chi connectivity index (χ0n) is 13.5. The quantitative estimate of drug-likeness (QED) is 0.649. The summed E-state index contributed by atoms with van der Waals surface area (Å²) >= 11 is 1.31. The predicted octanol–water partition coefficient (Wildman–Crippen LogP) is 1.98. The van der Waals surface area contributed by atoms with Gasteiger partial charge in [0.15, 0.2) is 16.7 Å².